The first-order valence-corrected chi connectivity index (χ1v) is 11.5. The molecule has 1 aliphatic carbocycles. The molecule has 3 atom stereocenters. The molecule has 2 aliphatic rings. The van der Waals surface area contributed by atoms with Crippen molar-refractivity contribution in [2.75, 3.05) is 0 Å². The fourth-order valence-corrected chi connectivity index (χ4v) is 5.18. The molecule has 0 radical (unpaired) electrons. The average molecular weight is 454 g/mol. The van der Waals surface area contributed by atoms with Gasteiger partial charge < -0.3 is 20.2 Å². The molecule has 2 aromatic rings. The lowest BCUT2D eigenvalue weighted by atomic mass is 9.87. The number of nitrogens with zero attached hydrogens (tertiary/aromatic N) is 1. The van der Waals surface area contributed by atoms with Crippen LogP contribution in [0, 0.1) is 11.7 Å². The first-order chi connectivity index (χ1) is 15.4. The van der Waals surface area contributed by atoms with Gasteiger partial charge in [0.2, 0.25) is 0 Å². The number of halogens is 1. The molecule has 0 aromatic heterocycles. The molecule has 6 heteroatoms. The number of hydrogen-bond donors (Lipinski definition) is 3. The molecular weight excluding hydrogens is 425 g/mol. The number of hydrogen-bond acceptors (Lipinski definition) is 4. The SMILES string of the molecule is Oc1ccc(C2C(CCCC(O)c3ccc(F)cc3)CC(=S)N2C2=CCCC=C2)c(O)c1. The second-order valence-corrected chi connectivity index (χ2v) is 8.99. The molecule has 1 saturated heterocycles. The molecule has 3 N–H and O–H groups in total. The van der Waals surface area contributed by atoms with Crippen LogP contribution in [0.15, 0.2) is 66.4 Å². The van der Waals surface area contributed by atoms with Gasteiger partial charge >= 0.3 is 0 Å². The van der Waals surface area contributed by atoms with Crippen molar-refractivity contribution < 1.29 is 19.7 Å². The van der Waals surface area contributed by atoms with E-state index >= 15 is 0 Å². The Bertz CT molecular complexity index is 1030. The lowest BCUT2D eigenvalue weighted by Gasteiger charge is -2.32. The highest BCUT2D eigenvalue weighted by molar-refractivity contribution is 7.80. The molecule has 0 bridgehead atoms. The molecule has 3 unspecified atom stereocenters. The Morgan fingerprint density at radius 3 is 2.56 bits per heavy atom. The van der Waals surface area contributed by atoms with Gasteiger partial charge in [-0.2, -0.15) is 0 Å². The molecule has 0 saturated carbocycles. The summed E-state index contributed by atoms with van der Waals surface area (Å²) in [6, 6.07) is 10.5. The van der Waals surface area contributed by atoms with Crippen LogP contribution in [0.25, 0.3) is 0 Å². The van der Waals surface area contributed by atoms with Crippen LogP contribution < -0.4 is 0 Å². The summed E-state index contributed by atoms with van der Waals surface area (Å²) >= 11 is 5.77. The number of aromatic hydroxyl groups is 2. The fourth-order valence-electron chi connectivity index (χ4n) is 4.74. The normalized spacial score (nSPS) is 21.6. The number of benzene rings is 2. The average Bonchev–Trinajstić information content (AvgIpc) is 3.10. The number of thiocarbonyl (C=S) groups is 1. The number of aliphatic hydroxyl groups excluding tert-OH is 1. The van der Waals surface area contributed by atoms with Crippen LogP contribution in [-0.4, -0.2) is 25.2 Å². The van der Waals surface area contributed by atoms with Crippen molar-refractivity contribution in [2.45, 2.75) is 50.7 Å². The summed E-state index contributed by atoms with van der Waals surface area (Å²) in [4.78, 5) is 2.97. The van der Waals surface area contributed by atoms with E-state index in [1.54, 1.807) is 24.3 Å². The molecule has 168 valence electrons. The van der Waals surface area contributed by atoms with Crippen LogP contribution in [0.5, 0.6) is 11.5 Å². The predicted molar refractivity (Wildman–Crippen MR) is 127 cm³/mol. The summed E-state index contributed by atoms with van der Waals surface area (Å²) < 4.78 is 13.2. The highest BCUT2D eigenvalue weighted by Gasteiger charge is 2.40. The third-order valence-corrected chi connectivity index (χ3v) is 6.69. The lowest BCUT2D eigenvalue weighted by Crippen LogP contribution is -2.27. The summed E-state index contributed by atoms with van der Waals surface area (Å²) in [6.45, 7) is 0. The molecule has 0 amide bonds. The summed E-state index contributed by atoms with van der Waals surface area (Å²) in [5, 5.41) is 30.9. The highest BCUT2D eigenvalue weighted by atomic mass is 32.1. The third-order valence-electron chi connectivity index (χ3n) is 6.32. The van der Waals surface area contributed by atoms with Crippen molar-refractivity contribution in [3.05, 3.63) is 83.3 Å². The van der Waals surface area contributed by atoms with Crippen LogP contribution in [0.4, 0.5) is 4.39 Å². The van der Waals surface area contributed by atoms with E-state index in [0.29, 0.717) is 12.0 Å². The van der Waals surface area contributed by atoms with Crippen LogP contribution in [0.3, 0.4) is 0 Å². The maximum atomic E-state index is 13.2. The molecule has 2 aromatic carbocycles. The van der Waals surface area contributed by atoms with E-state index in [1.807, 2.05) is 0 Å². The Hall–Kier alpha value is -2.70. The summed E-state index contributed by atoms with van der Waals surface area (Å²) in [5.74, 6) is -0.0757. The van der Waals surface area contributed by atoms with Gasteiger partial charge in [-0.25, -0.2) is 4.39 Å². The quantitative estimate of drug-likeness (QED) is 0.445. The molecule has 0 spiro atoms. The van der Waals surface area contributed by atoms with Crippen LogP contribution in [0.2, 0.25) is 0 Å². The smallest absolute Gasteiger partial charge is 0.124 e. The topological polar surface area (TPSA) is 63.9 Å². The second-order valence-electron chi connectivity index (χ2n) is 8.52. The van der Waals surface area contributed by atoms with Crippen molar-refractivity contribution in [2.24, 2.45) is 5.92 Å². The zero-order valence-electron chi connectivity index (χ0n) is 17.8. The highest BCUT2D eigenvalue weighted by Crippen LogP contribution is 2.47. The molecule has 32 heavy (non-hydrogen) atoms. The van der Waals surface area contributed by atoms with E-state index in [0.717, 1.165) is 48.4 Å². The Kier molecular flexibility index (Phi) is 6.92. The Labute approximate surface area is 193 Å². The van der Waals surface area contributed by atoms with Crippen molar-refractivity contribution >= 4 is 17.2 Å². The number of rotatable bonds is 7. The van der Waals surface area contributed by atoms with Gasteiger partial charge in [0, 0.05) is 23.7 Å². The van der Waals surface area contributed by atoms with E-state index in [1.165, 1.54) is 18.2 Å². The van der Waals surface area contributed by atoms with Gasteiger partial charge in [0.05, 0.1) is 17.1 Å². The van der Waals surface area contributed by atoms with Crippen molar-refractivity contribution in [1.82, 2.24) is 4.90 Å². The maximum absolute atomic E-state index is 13.2. The number of likely N-dealkylation sites (tertiary alicyclic amines) is 1. The number of allylic oxidation sites excluding steroid dienone is 3. The molecular formula is C26H28FNO3S. The van der Waals surface area contributed by atoms with Crippen LogP contribution in [-0.2, 0) is 0 Å². The molecule has 4 nitrogen and oxygen atoms in total. The Morgan fingerprint density at radius 1 is 1.09 bits per heavy atom. The van der Waals surface area contributed by atoms with Crippen molar-refractivity contribution in [3.63, 3.8) is 0 Å². The van der Waals surface area contributed by atoms with E-state index in [-0.39, 0.29) is 29.3 Å². The third kappa shape index (κ3) is 4.87. The standard InChI is InChI=1S/C26H28FNO3S/c27-19-11-9-17(10-12-19)23(30)8-4-5-18-15-25(32)28(20-6-2-1-3-7-20)26(18)22-14-13-21(29)16-24(22)31/h2,6-7,9-14,16,18,23,26,29-31H,1,3-5,8,15H2. The number of phenolic OH excluding ortho intramolecular Hbond substituents is 2. The van der Waals surface area contributed by atoms with Gasteiger partial charge in [0.1, 0.15) is 17.3 Å². The van der Waals surface area contributed by atoms with E-state index in [4.69, 9.17) is 12.2 Å². The summed E-state index contributed by atoms with van der Waals surface area (Å²) in [5.41, 5.74) is 2.50. The molecule has 1 aliphatic heterocycles. The number of aliphatic hydroxyl groups is 1. The summed E-state index contributed by atoms with van der Waals surface area (Å²) in [6.07, 6.45) is 10.6. The molecule has 4 rings (SSSR count). The van der Waals surface area contributed by atoms with Gasteiger partial charge in [0.15, 0.2) is 0 Å². The van der Waals surface area contributed by atoms with Crippen molar-refractivity contribution in [3.8, 4) is 11.5 Å². The lowest BCUT2D eigenvalue weighted by molar-refractivity contribution is 0.159. The molecule has 1 heterocycles. The predicted octanol–water partition coefficient (Wildman–Crippen LogP) is 6.07. The van der Waals surface area contributed by atoms with Crippen LogP contribution >= 0.6 is 12.2 Å². The van der Waals surface area contributed by atoms with Gasteiger partial charge in [-0.15, -0.1) is 0 Å². The second kappa shape index (κ2) is 9.84. The Morgan fingerprint density at radius 2 is 1.88 bits per heavy atom. The zero-order valence-corrected chi connectivity index (χ0v) is 18.6. The fraction of sp³-hybridized carbons (Fsp3) is 0.346. The first kappa shape index (κ1) is 22.5. The first-order valence-electron chi connectivity index (χ1n) is 11.1. The summed E-state index contributed by atoms with van der Waals surface area (Å²) in [7, 11) is 0. The Balaban J connectivity index is 1.53. The minimum atomic E-state index is -0.649. The molecule has 1 fully saturated rings. The van der Waals surface area contributed by atoms with Crippen molar-refractivity contribution in [1.29, 1.82) is 0 Å². The number of phenols is 2. The van der Waals surface area contributed by atoms with E-state index < -0.39 is 6.10 Å². The minimum Gasteiger partial charge on any atom is -0.508 e. The van der Waals surface area contributed by atoms with Gasteiger partial charge in [-0.3, -0.25) is 0 Å². The minimum absolute atomic E-state index is 0.0223. The van der Waals surface area contributed by atoms with E-state index in [9.17, 15) is 19.7 Å². The maximum Gasteiger partial charge on any atom is 0.124 e. The largest absolute Gasteiger partial charge is 0.508 e. The van der Waals surface area contributed by atoms with Gasteiger partial charge in [-0.05, 0) is 67.5 Å². The van der Waals surface area contributed by atoms with Gasteiger partial charge in [0.25, 0.3) is 0 Å². The zero-order chi connectivity index (χ0) is 22.7. The van der Waals surface area contributed by atoms with Crippen LogP contribution in [0.1, 0.15) is 61.8 Å². The van der Waals surface area contributed by atoms with Gasteiger partial charge in [-0.1, -0.05) is 42.9 Å². The van der Waals surface area contributed by atoms with E-state index in [2.05, 4.69) is 23.1 Å². The monoisotopic (exact) mass is 453 g/mol.